The normalized spacial score (nSPS) is 25.9. The number of phosphoric acid groups is 3. The van der Waals surface area contributed by atoms with Crippen LogP contribution in [-0.2, 0) is 31.6 Å². The van der Waals surface area contributed by atoms with Gasteiger partial charge in [0.05, 0.1) is 19.0 Å². The molecule has 0 aliphatic carbocycles. The number of hydrogen-bond acceptors (Lipinski definition) is 14. The first-order chi connectivity index (χ1) is 14.2. The van der Waals surface area contributed by atoms with E-state index < -0.39 is 54.4 Å². The molecule has 23 heteroatoms. The molecule has 2 aromatic rings. The number of rotatable bonds is 8. The van der Waals surface area contributed by atoms with Crippen molar-refractivity contribution in [1.29, 1.82) is 0 Å². The van der Waals surface area contributed by atoms with Crippen molar-refractivity contribution < 1.29 is 120 Å². The molecule has 0 radical (unpaired) electrons. The van der Waals surface area contributed by atoms with Gasteiger partial charge in [-0.05, 0) is 0 Å². The molecule has 1 fully saturated rings. The molecule has 0 bridgehead atoms. The fourth-order valence-electron chi connectivity index (χ4n) is 2.62. The second-order valence-electron chi connectivity index (χ2n) is 6.01. The van der Waals surface area contributed by atoms with Gasteiger partial charge in [-0.1, -0.05) is 0 Å². The number of nitrogen functional groups attached to an aromatic ring is 1. The average molecular weight is 551 g/mol. The van der Waals surface area contributed by atoms with Gasteiger partial charge in [0.2, 0.25) is 5.95 Å². The minimum atomic E-state index is -5.78. The zero-order chi connectivity index (χ0) is 23.2. The monoisotopic (exact) mass is 551 g/mol. The van der Waals surface area contributed by atoms with Crippen LogP contribution >= 0.6 is 23.5 Å². The number of anilines is 1. The second kappa shape index (κ2) is 11.7. The summed E-state index contributed by atoms with van der Waals surface area (Å²) in [6.45, 7) is -0.865. The van der Waals surface area contributed by atoms with Crippen molar-refractivity contribution in [3.8, 4) is 5.88 Å². The molecule has 3 rings (SSSR count). The molecule has 0 saturated carbocycles. The molecular weight excluding hydrogens is 537 g/mol. The summed E-state index contributed by atoms with van der Waals surface area (Å²) in [6, 6.07) is 0. The van der Waals surface area contributed by atoms with Gasteiger partial charge in [0.1, 0.15) is 17.8 Å². The molecule has 1 aliphatic rings. The van der Waals surface area contributed by atoms with Crippen LogP contribution in [0.1, 0.15) is 12.6 Å². The molecule has 0 aromatic carbocycles. The zero-order valence-electron chi connectivity index (χ0n) is 16.9. The number of aromatic nitrogens is 4. The van der Waals surface area contributed by atoms with E-state index in [9.17, 15) is 33.7 Å². The van der Waals surface area contributed by atoms with Crippen LogP contribution in [0.3, 0.4) is 0 Å². The number of nitrogens with two attached hydrogens (primary N) is 1. The van der Waals surface area contributed by atoms with E-state index in [1.54, 1.807) is 0 Å². The van der Waals surface area contributed by atoms with Crippen LogP contribution in [0.4, 0.5) is 5.95 Å². The van der Waals surface area contributed by atoms with Crippen molar-refractivity contribution in [2.75, 3.05) is 12.3 Å². The Balaban J connectivity index is 0.00000272. The minimum Gasteiger partial charge on any atom is -0.857 e. The summed E-state index contributed by atoms with van der Waals surface area (Å²) in [5, 5.41) is 21.9. The van der Waals surface area contributed by atoms with E-state index in [0.717, 1.165) is 0 Å². The quantitative estimate of drug-likeness (QED) is 0.150. The van der Waals surface area contributed by atoms with E-state index in [4.69, 9.17) is 20.3 Å². The maximum absolute atomic E-state index is 11.8. The first-order valence-electron chi connectivity index (χ1n) is 7.93. The maximum atomic E-state index is 11.8. The molecule has 0 spiro atoms. The summed E-state index contributed by atoms with van der Waals surface area (Å²) >= 11 is 0. The van der Waals surface area contributed by atoms with Crippen molar-refractivity contribution in [3.05, 3.63) is 6.33 Å². The summed E-state index contributed by atoms with van der Waals surface area (Å²) in [5.41, 5.74) is 5.34. The van der Waals surface area contributed by atoms with Gasteiger partial charge >= 0.3 is 74.8 Å². The van der Waals surface area contributed by atoms with Crippen molar-refractivity contribution in [2.45, 2.75) is 24.9 Å². The largest absolute Gasteiger partial charge is 1.00 e. The van der Waals surface area contributed by atoms with Gasteiger partial charge in [-0.3, -0.25) is 13.7 Å². The number of nitrogens with zero attached hydrogens (tertiary/aromatic N) is 4. The van der Waals surface area contributed by atoms with Crippen molar-refractivity contribution in [3.63, 3.8) is 0 Å². The van der Waals surface area contributed by atoms with Crippen molar-refractivity contribution in [2.24, 2.45) is 0 Å². The van der Waals surface area contributed by atoms with E-state index in [-0.39, 0.29) is 82.6 Å². The third-order valence-electron chi connectivity index (χ3n) is 3.74. The van der Waals surface area contributed by atoms with E-state index in [1.165, 1.54) is 10.9 Å². The molecular formula is C10H14N5Na2O13P3. The maximum Gasteiger partial charge on any atom is 1.00 e. The Kier molecular flexibility index (Phi) is 11.2. The Labute approximate surface area is 228 Å². The predicted molar refractivity (Wildman–Crippen MR) is 91.3 cm³/mol. The van der Waals surface area contributed by atoms with E-state index in [1.807, 2.05) is 0 Å². The minimum absolute atomic E-state index is 0. The number of ether oxygens (including phenoxy) is 1. The fourth-order valence-corrected chi connectivity index (χ4v) is 5.62. The van der Waals surface area contributed by atoms with Crippen LogP contribution in [-0.4, -0.2) is 58.1 Å². The Morgan fingerprint density at radius 3 is 2.42 bits per heavy atom. The molecule has 6 N–H and O–H groups in total. The SMILES string of the molecule is Nc1nc([O-])c2ncn([C@H]3C[C@H](O)[C@@H](COP(=O)(O)OP(=O)(O)OP(=O)([O-])O)O3)c2n1.[Na+].[Na+]. The third kappa shape index (κ3) is 8.53. The van der Waals surface area contributed by atoms with Gasteiger partial charge in [-0.15, -0.1) is 0 Å². The average Bonchev–Trinajstić information content (AvgIpc) is 3.13. The Morgan fingerprint density at radius 2 is 1.82 bits per heavy atom. The molecule has 1 saturated heterocycles. The van der Waals surface area contributed by atoms with Crippen LogP contribution in [0.2, 0.25) is 0 Å². The molecule has 3 unspecified atom stereocenters. The molecule has 1 aliphatic heterocycles. The summed E-state index contributed by atoms with van der Waals surface area (Å²) in [4.78, 5) is 48.5. The molecule has 3 heterocycles. The summed E-state index contributed by atoms with van der Waals surface area (Å²) < 4.78 is 51.7. The third-order valence-corrected chi connectivity index (χ3v) is 7.51. The van der Waals surface area contributed by atoms with Gasteiger partial charge < -0.3 is 40.3 Å². The van der Waals surface area contributed by atoms with Crippen LogP contribution in [0.25, 0.3) is 11.2 Å². The number of aliphatic hydroxyl groups excluding tert-OH is 1. The van der Waals surface area contributed by atoms with E-state index in [2.05, 4.69) is 28.1 Å². The Bertz CT molecular complexity index is 1130. The van der Waals surface area contributed by atoms with Crippen LogP contribution in [0.5, 0.6) is 5.88 Å². The molecule has 0 amide bonds. The van der Waals surface area contributed by atoms with Crippen LogP contribution < -0.4 is 74.8 Å². The molecule has 6 atom stereocenters. The molecule has 33 heavy (non-hydrogen) atoms. The van der Waals surface area contributed by atoms with Crippen molar-refractivity contribution in [1.82, 2.24) is 19.5 Å². The van der Waals surface area contributed by atoms with Gasteiger partial charge in [0.15, 0.2) is 5.65 Å². The Hall–Kier alpha value is 0.480. The van der Waals surface area contributed by atoms with E-state index >= 15 is 0 Å². The number of hydrogen-bond donors (Lipinski definition) is 5. The standard InChI is InChI=1S/C10H16N5O13P3.2Na/c11-10-13-8-7(9(17)14-10)12-3-15(8)6-1-4(16)5(26-6)2-25-30(21,22)28-31(23,24)27-29(18,19)20;;/h3-6,16H,1-2H2,(H,21,22)(H,23,24)(H2,18,19,20)(H3,11,13,14,17);;/q;2*+1/p-2/t4-,5+,6+;;/m0../s1. The topological polar surface area (TPSA) is 285 Å². The first-order valence-corrected chi connectivity index (χ1v) is 12.4. The van der Waals surface area contributed by atoms with Gasteiger partial charge in [0, 0.05) is 12.3 Å². The van der Waals surface area contributed by atoms with Gasteiger partial charge in [-0.2, -0.15) is 9.29 Å². The smallest absolute Gasteiger partial charge is 0.857 e. The molecule has 18 nitrogen and oxygen atoms in total. The number of fused-ring (bicyclic) bond motifs is 1. The predicted octanol–water partition coefficient (Wildman–Crippen LogP) is -8.15. The van der Waals surface area contributed by atoms with E-state index in [0.29, 0.717) is 0 Å². The molecule has 2 aromatic heterocycles. The second-order valence-corrected chi connectivity index (χ2v) is 10.4. The zero-order valence-corrected chi connectivity index (χ0v) is 23.6. The van der Waals surface area contributed by atoms with Crippen molar-refractivity contribution >= 4 is 40.6 Å². The number of imidazole rings is 1. The van der Waals surface area contributed by atoms with Crippen LogP contribution in [0, 0.1) is 0 Å². The fraction of sp³-hybridized carbons (Fsp3) is 0.500. The number of aliphatic hydroxyl groups is 1. The first kappa shape index (κ1) is 31.5. The van der Waals surface area contributed by atoms with Gasteiger partial charge in [0.25, 0.3) is 7.82 Å². The Morgan fingerprint density at radius 1 is 1.18 bits per heavy atom. The summed E-state index contributed by atoms with van der Waals surface area (Å²) in [6.07, 6.45) is -2.46. The van der Waals surface area contributed by atoms with Crippen LogP contribution in [0.15, 0.2) is 6.33 Å². The summed E-state index contributed by atoms with van der Waals surface area (Å²) in [7, 11) is -16.9. The molecule has 174 valence electrons. The van der Waals surface area contributed by atoms with Gasteiger partial charge in [-0.25, -0.2) is 23.4 Å². The number of phosphoric ester groups is 1. The summed E-state index contributed by atoms with van der Waals surface area (Å²) in [5.74, 6) is -1.06.